The summed E-state index contributed by atoms with van der Waals surface area (Å²) in [5.74, 6) is 0.655. The van der Waals surface area contributed by atoms with E-state index >= 15 is 0 Å². The van der Waals surface area contributed by atoms with Crippen LogP contribution in [0.1, 0.15) is 33.1 Å². The topological polar surface area (TPSA) is 51.2 Å². The lowest BCUT2D eigenvalue weighted by Gasteiger charge is -2.28. The van der Waals surface area contributed by atoms with E-state index in [0.717, 1.165) is 34.5 Å². The molecule has 1 saturated carbocycles. The van der Waals surface area contributed by atoms with Gasteiger partial charge in [0.05, 0.1) is 6.61 Å². The van der Waals surface area contributed by atoms with Crippen LogP contribution in [0.25, 0.3) is 0 Å². The summed E-state index contributed by atoms with van der Waals surface area (Å²) < 4.78 is 6.22. The molecule has 0 saturated heterocycles. The Morgan fingerprint density at radius 3 is 3.00 bits per heavy atom. The van der Waals surface area contributed by atoms with Gasteiger partial charge in [-0.1, -0.05) is 0 Å². The number of nitrogens with one attached hydrogen (secondary N) is 1. The minimum absolute atomic E-state index is 0.155. The van der Waals surface area contributed by atoms with Crippen molar-refractivity contribution >= 4 is 33.7 Å². The molecule has 1 aromatic rings. The molecule has 6 heteroatoms. The summed E-state index contributed by atoms with van der Waals surface area (Å²) in [5.41, 5.74) is -0.606. The minimum atomic E-state index is -0.606. The van der Waals surface area contributed by atoms with Gasteiger partial charge in [0, 0.05) is 22.5 Å². The molecule has 1 aliphatic carbocycles. The molecule has 116 valence electrons. The normalized spacial score (nSPS) is 17.3. The Morgan fingerprint density at radius 2 is 2.38 bits per heavy atom. The van der Waals surface area contributed by atoms with Crippen LogP contribution in [-0.2, 0) is 9.53 Å². The number of ether oxygens (including phenoxy) is 1. The highest BCUT2D eigenvalue weighted by atomic mass is 79.9. The van der Waals surface area contributed by atoms with E-state index in [1.807, 2.05) is 26.0 Å². The average molecular weight is 373 g/mol. The third kappa shape index (κ3) is 4.97. The van der Waals surface area contributed by atoms with Crippen molar-refractivity contribution in [2.24, 2.45) is 0 Å². The van der Waals surface area contributed by atoms with Gasteiger partial charge in [-0.3, -0.25) is 10.1 Å². The van der Waals surface area contributed by atoms with Crippen LogP contribution < -0.4 is 5.32 Å². The predicted molar refractivity (Wildman–Crippen MR) is 88.5 cm³/mol. The van der Waals surface area contributed by atoms with Crippen LogP contribution >= 0.6 is 27.7 Å². The van der Waals surface area contributed by atoms with Gasteiger partial charge in [0.25, 0.3) is 0 Å². The number of esters is 1. The van der Waals surface area contributed by atoms with Gasteiger partial charge in [-0.15, -0.1) is 11.8 Å². The van der Waals surface area contributed by atoms with Crippen molar-refractivity contribution in [3.8, 4) is 0 Å². The fraction of sp³-hybridized carbons (Fsp3) is 0.600. The van der Waals surface area contributed by atoms with Gasteiger partial charge >= 0.3 is 5.97 Å². The van der Waals surface area contributed by atoms with Gasteiger partial charge < -0.3 is 4.74 Å². The van der Waals surface area contributed by atoms with E-state index in [9.17, 15) is 4.79 Å². The molecule has 0 bridgehead atoms. The smallest absolute Gasteiger partial charge is 0.326 e. The maximum Gasteiger partial charge on any atom is 0.326 e. The molecule has 1 atom stereocenters. The first-order valence-electron chi connectivity index (χ1n) is 7.23. The summed E-state index contributed by atoms with van der Waals surface area (Å²) in [5, 5.41) is 4.39. The van der Waals surface area contributed by atoms with Crippen LogP contribution in [0.2, 0.25) is 0 Å². The molecule has 4 nitrogen and oxygen atoms in total. The summed E-state index contributed by atoms with van der Waals surface area (Å²) in [6.07, 6.45) is 4.79. The van der Waals surface area contributed by atoms with E-state index in [0.29, 0.717) is 12.6 Å². The third-order valence-electron chi connectivity index (χ3n) is 3.39. The van der Waals surface area contributed by atoms with Gasteiger partial charge in [-0.25, -0.2) is 4.98 Å². The molecule has 21 heavy (non-hydrogen) atoms. The molecular formula is C15H21BrN2O2S. The molecule has 1 N–H and O–H groups in total. The Morgan fingerprint density at radius 1 is 1.62 bits per heavy atom. The van der Waals surface area contributed by atoms with Gasteiger partial charge in [0.15, 0.2) is 0 Å². The number of hydrogen-bond donors (Lipinski definition) is 1. The summed E-state index contributed by atoms with van der Waals surface area (Å²) in [6, 6.07) is 4.33. The number of nitrogens with zero attached hydrogens (tertiary/aromatic N) is 1. The standard InChI is InChI=1S/C15H21BrN2O2S/c1-3-20-14(19)15(2,18-11-6-7-11)8-10-21-13-12(16)5-4-9-17-13/h4-5,9,11,18H,3,6-8,10H2,1-2H3. The maximum atomic E-state index is 12.2. The first kappa shape index (κ1) is 16.8. The molecule has 1 heterocycles. The summed E-state index contributed by atoms with van der Waals surface area (Å²) in [6.45, 7) is 4.20. The van der Waals surface area contributed by atoms with Gasteiger partial charge in [0.2, 0.25) is 0 Å². The Kier molecular flexibility index (Phi) is 6.08. The fourth-order valence-corrected chi connectivity index (χ4v) is 3.67. The van der Waals surface area contributed by atoms with Crippen molar-refractivity contribution in [3.05, 3.63) is 22.8 Å². The van der Waals surface area contributed by atoms with Crippen LogP contribution in [0.5, 0.6) is 0 Å². The maximum absolute atomic E-state index is 12.2. The van der Waals surface area contributed by atoms with E-state index in [1.165, 1.54) is 0 Å². The minimum Gasteiger partial charge on any atom is -0.465 e. The van der Waals surface area contributed by atoms with Crippen LogP contribution in [0.15, 0.2) is 27.8 Å². The molecule has 1 aliphatic rings. The molecule has 1 aromatic heterocycles. The van der Waals surface area contributed by atoms with Crippen molar-refractivity contribution in [2.45, 2.75) is 49.7 Å². The second-order valence-corrected chi connectivity index (χ2v) is 7.30. The summed E-state index contributed by atoms with van der Waals surface area (Å²) >= 11 is 5.14. The SMILES string of the molecule is CCOC(=O)C(C)(CCSc1ncccc1Br)NC1CC1. The van der Waals surface area contributed by atoms with Crippen molar-refractivity contribution < 1.29 is 9.53 Å². The molecule has 1 fully saturated rings. The highest BCUT2D eigenvalue weighted by Crippen LogP contribution is 2.29. The number of rotatable bonds is 8. The van der Waals surface area contributed by atoms with Crippen LogP contribution in [0, 0.1) is 0 Å². The zero-order chi connectivity index (χ0) is 15.3. The predicted octanol–water partition coefficient (Wildman–Crippen LogP) is 3.40. The second kappa shape index (κ2) is 7.61. The lowest BCUT2D eigenvalue weighted by atomic mass is 9.99. The molecule has 1 unspecified atom stereocenters. The Bertz CT molecular complexity index is 496. The van der Waals surface area contributed by atoms with Crippen molar-refractivity contribution in [1.82, 2.24) is 10.3 Å². The second-order valence-electron chi connectivity index (χ2n) is 5.36. The number of pyridine rings is 1. The monoisotopic (exact) mass is 372 g/mol. The number of aromatic nitrogens is 1. The first-order valence-corrected chi connectivity index (χ1v) is 9.01. The van der Waals surface area contributed by atoms with E-state index in [-0.39, 0.29) is 5.97 Å². The van der Waals surface area contributed by atoms with Gasteiger partial charge in [0.1, 0.15) is 10.6 Å². The number of carbonyl (C=O) groups excluding carboxylic acids is 1. The van der Waals surface area contributed by atoms with Crippen LogP contribution in [0.3, 0.4) is 0 Å². The van der Waals surface area contributed by atoms with Gasteiger partial charge in [-0.05, 0) is 61.2 Å². The van der Waals surface area contributed by atoms with Gasteiger partial charge in [-0.2, -0.15) is 0 Å². The molecule has 0 aliphatic heterocycles. The highest BCUT2D eigenvalue weighted by Gasteiger charge is 2.39. The molecule has 0 radical (unpaired) electrons. The van der Waals surface area contributed by atoms with E-state index < -0.39 is 5.54 Å². The van der Waals surface area contributed by atoms with E-state index in [4.69, 9.17) is 4.74 Å². The van der Waals surface area contributed by atoms with Crippen molar-refractivity contribution in [1.29, 1.82) is 0 Å². The Labute approximate surface area is 138 Å². The Hall–Kier alpha value is -0.590. The largest absolute Gasteiger partial charge is 0.465 e. The zero-order valence-electron chi connectivity index (χ0n) is 12.4. The Balaban J connectivity index is 1.92. The van der Waals surface area contributed by atoms with E-state index in [2.05, 4.69) is 26.2 Å². The summed E-state index contributed by atoms with van der Waals surface area (Å²) in [7, 11) is 0. The molecule has 0 aromatic carbocycles. The summed E-state index contributed by atoms with van der Waals surface area (Å²) in [4.78, 5) is 16.6. The molecular weight excluding hydrogens is 352 g/mol. The first-order chi connectivity index (χ1) is 10.0. The van der Waals surface area contributed by atoms with E-state index in [1.54, 1.807) is 18.0 Å². The molecule has 0 spiro atoms. The molecule has 0 amide bonds. The quantitative estimate of drug-likeness (QED) is 0.559. The van der Waals surface area contributed by atoms with Crippen LogP contribution in [-0.4, -0.2) is 34.9 Å². The number of carbonyl (C=O) groups is 1. The van der Waals surface area contributed by atoms with Crippen molar-refractivity contribution in [2.75, 3.05) is 12.4 Å². The average Bonchev–Trinajstić information content (AvgIpc) is 3.25. The van der Waals surface area contributed by atoms with Crippen LogP contribution in [0.4, 0.5) is 0 Å². The highest BCUT2D eigenvalue weighted by molar-refractivity contribution is 9.10. The lowest BCUT2D eigenvalue weighted by molar-refractivity contribution is -0.150. The third-order valence-corrected chi connectivity index (χ3v) is 5.30. The fourth-order valence-electron chi connectivity index (χ4n) is 2.03. The molecule has 2 rings (SSSR count). The number of halogens is 1. The number of thioether (sulfide) groups is 1. The lowest BCUT2D eigenvalue weighted by Crippen LogP contribution is -2.52. The number of hydrogen-bond acceptors (Lipinski definition) is 5. The van der Waals surface area contributed by atoms with Crippen molar-refractivity contribution in [3.63, 3.8) is 0 Å². The zero-order valence-corrected chi connectivity index (χ0v) is 14.8.